The van der Waals surface area contributed by atoms with Crippen molar-refractivity contribution in [3.05, 3.63) is 46.8 Å². The number of aliphatic imine (C=N–C) groups is 1. The maximum Gasteiger partial charge on any atom is 0.241 e. The molecular formula is C19H28IN5O3. The normalized spacial score (nSPS) is 10.8. The van der Waals surface area contributed by atoms with E-state index < -0.39 is 0 Å². The molecule has 1 aromatic carbocycles. The van der Waals surface area contributed by atoms with E-state index in [4.69, 9.17) is 9.26 Å². The molecule has 2 rings (SSSR count). The maximum absolute atomic E-state index is 11.9. The number of nitrogens with one attached hydrogen (secondary N) is 2. The van der Waals surface area contributed by atoms with E-state index >= 15 is 0 Å². The molecule has 1 amide bonds. The highest BCUT2D eigenvalue weighted by Gasteiger charge is 2.11. The first-order valence-electron chi connectivity index (χ1n) is 8.67. The maximum atomic E-state index is 11.9. The Morgan fingerprint density at radius 3 is 2.43 bits per heavy atom. The van der Waals surface area contributed by atoms with Gasteiger partial charge in [0, 0.05) is 26.2 Å². The van der Waals surface area contributed by atoms with E-state index in [-0.39, 0.29) is 36.4 Å². The summed E-state index contributed by atoms with van der Waals surface area (Å²) in [6.45, 7) is 4.89. The second kappa shape index (κ2) is 11.5. The third-order valence-corrected chi connectivity index (χ3v) is 4.10. The summed E-state index contributed by atoms with van der Waals surface area (Å²) in [6, 6.07) is 7.70. The average Bonchev–Trinajstić information content (AvgIpc) is 2.99. The van der Waals surface area contributed by atoms with E-state index in [1.807, 2.05) is 38.1 Å². The fraction of sp³-hybridized carbons (Fsp3) is 0.421. The summed E-state index contributed by atoms with van der Waals surface area (Å²) in [4.78, 5) is 18.0. The summed E-state index contributed by atoms with van der Waals surface area (Å²) in [6.07, 6.45) is 0. The zero-order chi connectivity index (χ0) is 19.8. The molecule has 0 spiro atoms. The topological polar surface area (TPSA) is 92.0 Å². The van der Waals surface area contributed by atoms with Crippen molar-refractivity contribution in [2.24, 2.45) is 4.99 Å². The van der Waals surface area contributed by atoms with Gasteiger partial charge in [0.2, 0.25) is 5.91 Å². The standard InChI is InChI=1S/C19H27N5O3.HI/c1-13-17(14(2)27-23-13)11-21-19(22-12-18(25)24(3)4)20-10-15-6-8-16(26-5)9-7-15;/h6-9H,10-12H2,1-5H3,(H2,20,21,22);1H. The van der Waals surface area contributed by atoms with Crippen LogP contribution in [0.25, 0.3) is 0 Å². The van der Waals surface area contributed by atoms with Crippen LogP contribution in [0.2, 0.25) is 0 Å². The Hall–Kier alpha value is -2.30. The van der Waals surface area contributed by atoms with Crippen molar-refractivity contribution in [3.63, 3.8) is 0 Å². The Kier molecular flexibility index (Phi) is 9.77. The van der Waals surface area contributed by atoms with Crippen LogP contribution in [0.5, 0.6) is 5.75 Å². The minimum atomic E-state index is -0.0358. The highest BCUT2D eigenvalue weighted by atomic mass is 127. The Bertz CT molecular complexity index is 768. The molecule has 0 aliphatic rings. The third kappa shape index (κ3) is 7.02. The Balaban J connectivity index is 0.00000392. The number of rotatable bonds is 7. The van der Waals surface area contributed by atoms with Crippen LogP contribution in [-0.2, 0) is 17.9 Å². The monoisotopic (exact) mass is 501 g/mol. The lowest BCUT2D eigenvalue weighted by atomic mass is 10.2. The van der Waals surface area contributed by atoms with Crippen molar-refractivity contribution in [1.82, 2.24) is 20.7 Å². The molecule has 154 valence electrons. The number of aryl methyl sites for hydroxylation is 2. The molecule has 1 heterocycles. The van der Waals surface area contributed by atoms with Crippen molar-refractivity contribution in [1.29, 1.82) is 0 Å². The van der Waals surface area contributed by atoms with Gasteiger partial charge in [0.05, 0.1) is 25.9 Å². The molecular weight excluding hydrogens is 473 g/mol. The van der Waals surface area contributed by atoms with Crippen LogP contribution < -0.4 is 15.4 Å². The van der Waals surface area contributed by atoms with Gasteiger partial charge in [0.1, 0.15) is 11.5 Å². The summed E-state index contributed by atoms with van der Waals surface area (Å²) in [5.41, 5.74) is 2.85. The first-order chi connectivity index (χ1) is 12.9. The summed E-state index contributed by atoms with van der Waals surface area (Å²) in [7, 11) is 5.07. The summed E-state index contributed by atoms with van der Waals surface area (Å²) in [5.74, 6) is 2.07. The highest BCUT2D eigenvalue weighted by molar-refractivity contribution is 14.0. The van der Waals surface area contributed by atoms with E-state index in [2.05, 4.69) is 20.8 Å². The number of ether oxygens (including phenoxy) is 1. The summed E-state index contributed by atoms with van der Waals surface area (Å²) < 4.78 is 10.4. The van der Waals surface area contributed by atoms with E-state index in [1.54, 1.807) is 21.2 Å². The van der Waals surface area contributed by atoms with Crippen LogP contribution in [0.1, 0.15) is 22.6 Å². The van der Waals surface area contributed by atoms with Crippen LogP contribution in [0.4, 0.5) is 0 Å². The SMILES string of the molecule is COc1ccc(CN=C(NCC(=O)N(C)C)NCc2c(C)noc2C)cc1.I. The third-order valence-electron chi connectivity index (χ3n) is 4.10. The smallest absolute Gasteiger partial charge is 0.241 e. The summed E-state index contributed by atoms with van der Waals surface area (Å²) in [5, 5.41) is 10.3. The molecule has 0 unspecified atom stereocenters. The molecule has 0 saturated heterocycles. The van der Waals surface area contributed by atoms with Crippen LogP contribution >= 0.6 is 24.0 Å². The van der Waals surface area contributed by atoms with E-state index in [9.17, 15) is 4.79 Å². The quantitative estimate of drug-likeness (QED) is 0.344. The number of aromatic nitrogens is 1. The number of nitrogens with zero attached hydrogens (tertiary/aromatic N) is 3. The number of amides is 1. The number of methoxy groups -OCH3 is 1. The number of halogens is 1. The Morgan fingerprint density at radius 2 is 1.89 bits per heavy atom. The van der Waals surface area contributed by atoms with E-state index in [0.717, 1.165) is 28.3 Å². The molecule has 1 aromatic heterocycles. The largest absolute Gasteiger partial charge is 0.497 e. The van der Waals surface area contributed by atoms with E-state index in [1.165, 1.54) is 4.90 Å². The number of hydrogen-bond acceptors (Lipinski definition) is 5. The van der Waals surface area contributed by atoms with E-state index in [0.29, 0.717) is 19.0 Å². The molecule has 0 radical (unpaired) electrons. The number of hydrogen-bond donors (Lipinski definition) is 2. The van der Waals surface area contributed by atoms with Gasteiger partial charge in [-0.15, -0.1) is 24.0 Å². The number of carbonyl (C=O) groups excluding carboxylic acids is 1. The lowest BCUT2D eigenvalue weighted by Gasteiger charge is -2.15. The molecule has 0 bridgehead atoms. The van der Waals surface area contributed by atoms with Crippen LogP contribution in [0.3, 0.4) is 0 Å². The molecule has 28 heavy (non-hydrogen) atoms. The Labute approximate surface area is 182 Å². The van der Waals surface area contributed by atoms with Crippen LogP contribution in [-0.4, -0.2) is 49.7 Å². The second-order valence-electron chi connectivity index (χ2n) is 6.31. The van der Waals surface area contributed by atoms with Gasteiger partial charge in [-0.25, -0.2) is 4.99 Å². The predicted molar refractivity (Wildman–Crippen MR) is 119 cm³/mol. The van der Waals surface area contributed by atoms with Crippen LogP contribution in [0.15, 0.2) is 33.8 Å². The van der Waals surface area contributed by atoms with Gasteiger partial charge in [-0.1, -0.05) is 17.3 Å². The number of likely N-dealkylation sites (N-methyl/N-ethyl adjacent to an activating group) is 1. The highest BCUT2D eigenvalue weighted by Crippen LogP contribution is 2.13. The molecule has 8 nitrogen and oxygen atoms in total. The number of carbonyl (C=O) groups is 1. The second-order valence-corrected chi connectivity index (χ2v) is 6.31. The first kappa shape index (κ1) is 23.7. The lowest BCUT2D eigenvalue weighted by Crippen LogP contribution is -2.42. The van der Waals surface area contributed by atoms with Crippen molar-refractivity contribution in [2.45, 2.75) is 26.9 Å². The summed E-state index contributed by atoms with van der Waals surface area (Å²) >= 11 is 0. The predicted octanol–water partition coefficient (Wildman–Crippen LogP) is 2.24. The fourth-order valence-corrected chi connectivity index (χ4v) is 2.32. The van der Waals surface area contributed by atoms with Crippen molar-refractivity contribution in [2.75, 3.05) is 27.7 Å². The fourth-order valence-electron chi connectivity index (χ4n) is 2.32. The van der Waals surface area contributed by atoms with Gasteiger partial charge in [0.15, 0.2) is 5.96 Å². The van der Waals surface area contributed by atoms with Crippen molar-refractivity contribution < 1.29 is 14.1 Å². The zero-order valence-electron chi connectivity index (χ0n) is 16.9. The van der Waals surface area contributed by atoms with Crippen molar-refractivity contribution in [3.8, 4) is 5.75 Å². The molecule has 0 aliphatic carbocycles. The van der Waals surface area contributed by atoms with Crippen LogP contribution in [0, 0.1) is 13.8 Å². The van der Waals surface area contributed by atoms with Gasteiger partial charge in [0.25, 0.3) is 0 Å². The zero-order valence-corrected chi connectivity index (χ0v) is 19.2. The van der Waals surface area contributed by atoms with Gasteiger partial charge in [-0.05, 0) is 31.5 Å². The average molecular weight is 501 g/mol. The lowest BCUT2D eigenvalue weighted by molar-refractivity contribution is -0.127. The van der Waals surface area contributed by atoms with Gasteiger partial charge < -0.3 is 24.8 Å². The van der Waals surface area contributed by atoms with Crippen molar-refractivity contribution >= 4 is 35.8 Å². The molecule has 2 N–H and O–H groups in total. The molecule has 0 saturated carbocycles. The minimum Gasteiger partial charge on any atom is -0.497 e. The Morgan fingerprint density at radius 1 is 1.21 bits per heavy atom. The number of guanidine groups is 1. The molecule has 0 fully saturated rings. The molecule has 0 atom stereocenters. The van der Waals surface area contributed by atoms with Gasteiger partial charge in [-0.3, -0.25) is 4.79 Å². The van der Waals surface area contributed by atoms with Gasteiger partial charge in [-0.2, -0.15) is 0 Å². The van der Waals surface area contributed by atoms with Gasteiger partial charge >= 0.3 is 0 Å². The molecule has 2 aromatic rings. The molecule has 9 heteroatoms. The number of benzene rings is 1. The minimum absolute atomic E-state index is 0. The molecule has 0 aliphatic heterocycles. The first-order valence-corrected chi connectivity index (χ1v) is 8.67.